The predicted octanol–water partition coefficient (Wildman–Crippen LogP) is 11.3. The highest BCUT2D eigenvalue weighted by Gasteiger charge is 2.21. The van der Waals surface area contributed by atoms with Crippen LogP contribution in [0.15, 0.2) is 188 Å². The molecule has 0 aliphatic rings. The third-order valence-corrected chi connectivity index (χ3v) is 9.46. The molecule has 56 heavy (non-hydrogen) atoms. The lowest BCUT2D eigenvalue weighted by Crippen LogP contribution is -2.02. The first-order chi connectivity index (χ1) is 27.7. The molecule has 9 aromatic rings. The molecule has 7 heteroatoms. The molecule has 7 aromatic carbocycles. The molecule has 262 valence electrons. The molecular formula is C49H31N7. The van der Waals surface area contributed by atoms with Crippen molar-refractivity contribution in [2.24, 2.45) is 0 Å². The van der Waals surface area contributed by atoms with Gasteiger partial charge in [-0.25, -0.2) is 29.9 Å². The lowest BCUT2D eigenvalue weighted by molar-refractivity contribution is 1.07. The molecule has 9 rings (SSSR count). The van der Waals surface area contributed by atoms with Gasteiger partial charge in [0.25, 0.3) is 0 Å². The first-order valence-corrected chi connectivity index (χ1v) is 18.2. The van der Waals surface area contributed by atoms with Crippen LogP contribution in [0.4, 0.5) is 0 Å². The van der Waals surface area contributed by atoms with Gasteiger partial charge in [-0.15, -0.1) is 0 Å². The fourth-order valence-electron chi connectivity index (χ4n) is 6.76. The Balaban J connectivity index is 1.25. The Morgan fingerprint density at radius 3 is 0.911 bits per heavy atom. The van der Waals surface area contributed by atoms with Gasteiger partial charge in [0.05, 0.1) is 11.6 Å². The van der Waals surface area contributed by atoms with Gasteiger partial charge in [0.15, 0.2) is 34.9 Å². The van der Waals surface area contributed by atoms with Gasteiger partial charge < -0.3 is 0 Å². The van der Waals surface area contributed by atoms with Gasteiger partial charge >= 0.3 is 0 Å². The zero-order chi connectivity index (χ0) is 37.7. The second-order valence-corrected chi connectivity index (χ2v) is 13.0. The first kappa shape index (κ1) is 33.9. The maximum atomic E-state index is 10.2. The lowest BCUT2D eigenvalue weighted by Gasteiger charge is -2.17. The molecule has 0 bridgehead atoms. The smallest absolute Gasteiger partial charge is 0.164 e. The number of rotatable bonds is 8. The molecule has 0 unspecified atom stereocenters. The molecule has 0 radical (unpaired) electrons. The molecule has 0 saturated carbocycles. The fourth-order valence-corrected chi connectivity index (χ4v) is 6.76. The van der Waals surface area contributed by atoms with Crippen molar-refractivity contribution in [2.45, 2.75) is 0 Å². The predicted molar refractivity (Wildman–Crippen MR) is 221 cm³/mol. The summed E-state index contributed by atoms with van der Waals surface area (Å²) in [5, 5.41) is 10.2. The quantitative estimate of drug-likeness (QED) is 0.154. The zero-order valence-corrected chi connectivity index (χ0v) is 30.0. The molecule has 2 aromatic heterocycles. The molecule has 0 aliphatic carbocycles. The van der Waals surface area contributed by atoms with E-state index >= 15 is 0 Å². The largest absolute Gasteiger partial charge is 0.208 e. The van der Waals surface area contributed by atoms with E-state index in [1.54, 1.807) is 0 Å². The van der Waals surface area contributed by atoms with Crippen LogP contribution >= 0.6 is 0 Å². The summed E-state index contributed by atoms with van der Waals surface area (Å²) in [5.41, 5.74) is 9.21. The molecule has 7 nitrogen and oxygen atoms in total. The average Bonchev–Trinajstić information content (AvgIpc) is 3.29. The summed E-state index contributed by atoms with van der Waals surface area (Å²) < 4.78 is 0. The highest BCUT2D eigenvalue weighted by Crippen LogP contribution is 2.42. The zero-order valence-electron chi connectivity index (χ0n) is 30.0. The molecule has 0 N–H and O–H groups in total. The number of hydrogen-bond donors (Lipinski definition) is 0. The third-order valence-electron chi connectivity index (χ3n) is 9.46. The van der Waals surface area contributed by atoms with Crippen molar-refractivity contribution >= 4 is 0 Å². The Morgan fingerprint density at radius 2 is 0.554 bits per heavy atom. The van der Waals surface area contributed by atoms with Crippen LogP contribution in [0.1, 0.15) is 5.56 Å². The van der Waals surface area contributed by atoms with Crippen LogP contribution in [0, 0.1) is 11.3 Å². The van der Waals surface area contributed by atoms with E-state index < -0.39 is 0 Å². The highest BCUT2D eigenvalue weighted by molar-refractivity contribution is 5.95. The van der Waals surface area contributed by atoms with E-state index in [2.05, 4.69) is 18.2 Å². The SMILES string of the molecule is N#Cc1ccc(-c2ccccc2-c2nc(-c3ccccc3)nc(-c3ccccc3)n2)c(-c2ccccc2-c2nc(-c3ccccc3)nc(-c3ccccc3)n2)c1. The first-order valence-electron chi connectivity index (χ1n) is 18.2. The fraction of sp³-hybridized carbons (Fsp3) is 0. The van der Waals surface area contributed by atoms with E-state index in [-0.39, 0.29) is 0 Å². The van der Waals surface area contributed by atoms with Gasteiger partial charge in [0.1, 0.15) is 0 Å². The number of nitrogens with zero attached hydrogens (tertiary/aromatic N) is 7. The molecule has 0 fully saturated rings. The summed E-state index contributed by atoms with van der Waals surface area (Å²) in [6.45, 7) is 0. The van der Waals surface area contributed by atoms with Gasteiger partial charge in [-0.3, -0.25) is 0 Å². The van der Waals surface area contributed by atoms with E-state index in [1.807, 2.05) is 176 Å². The van der Waals surface area contributed by atoms with Gasteiger partial charge in [0, 0.05) is 33.4 Å². The van der Waals surface area contributed by atoms with Gasteiger partial charge in [-0.1, -0.05) is 176 Å². The Labute approximate surface area is 324 Å². The standard InChI is InChI=1S/C49H31N7/c50-32-33-29-30-40(38-25-13-15-27-41(38)48-53-44(34-17-5-1-6-18-34)51-45(54-48)35-19-7-2-8-20-35)43(31-33)39-26-14-16-28-42(39)49-55-46(36-21-9-3-10-22-36)52-47(56-49)37-23-11-4-12-24-37/h1-31H. The van der Waals surface area contributed by atoms with Gasteiger partial charge in [-0.05, 0) is 34.4 Å². The van der Waals surface area contributed by atoms with Crippen LogP contribution in [0.5, 0.6) is 0 Å². The molecule has 0 aliphatic heterocycles. The van der Waals surface area contributed by atoms with Crippen molar-refractivity contribution in [1.82, 2.24) is 29.9 Å². The minimum atomic E-state index is 0.521. The van der Waals surface area contributed by atoms with Crippen molar-refractivity contribution in [2.75, 3.05) is 0 Å². The Kier molecular flexibility index (Phi) is 9.18. The van der Waals surface area contributed by atoms with Crippen LogP contribution in [0.3, 0.4) is 0 Å². The second-order valence-electron chi connectivity index (χ2n) is 13.0. The van der Waals surface area contributed by atoms with Crippen LogP contribution in [0.25, 0.3) is 90.6 Å². The Morgan fingerprint density at radius 1 is 0.268 bits per heavy atom. The number of aromatic nitrogens is 6. The minimum Gasteiger partial charge on any atom is -0.208 e. The van der Waals surface area contributed by atoms with E-state index in [4.69, 9.17) is 29.9 Å². The minimum absolute atomic E-state index is 0.521. The second kappa shape index (κ2) is 15.2. The van der Waals surface area contributed by atoms with Gasteiger partial charge in [-0.2, -0.15) is 5.26 Å². The maximum Gasteiger partial charge on any atom is 0.164 e. The average molecular weight is 718 g/mol. The number of benzene rings is 7. The van der Waals surface area contributed by atoms with E-state index in [0.29, 0.717) is 40.5 Å². The summed E-state index contributed by atoms with van der Waals surface area (Å²) >= 11 is 0. The van der Waals surface area contributed by atoms with Crippen LogP contribution in [-0.2, 0) is 0 Å². The monoisotopic (exact) mass is 717 g/mol. The summed E-state index contributed by atoms with van der Waals surface area (Å²) in [5.74, 6) is 3.35. The molecular weight excluding hydrogens is 687 g/mol. The normalized spacial score (nSPS) is 10.8. The molecule has 0 saturated heterocycles. The summed E-state index contributed by atoms with van der Waals surface area (Å²) in [4.78, 5) is 30.1. The van der Waals surface area contributed by atoms with E-state index in [1.165, 1.54) is 0 Å². The third kappa shape index (κ3) is 6.82. The number of hydrogen-bond acceptors (Lipinski definition) is 7. The van der Waals surface area contributed by atoms with Crippen molar-refractivity contribution in [3.63, 3.8) is 0 Å². The maximum absolute atomic E-state index is 10.2. The number of nitriles is 1. The van der Waals surface area contributed by atoms with Crippen LogP contribution in [-0.4, -0.2) is 29.9 Å². The summed E-state index contributed by atoms with van der Waals surface area (Å²) in [6, 6.07) is 64.0. The van der Waals surface area contributed by atoms with Crippen LogP contribution in [0.2, 0.25) is 0 Å². The Bertz CT molecular complexity index is 2740. The summed E-state index contributed by atoms with van der Waals surface area (Å²) in [6.07, 6.45) is 0. The van der Waals surface area contributed by atoms with Crippen molar-refractivity contribution in [1.29, 1.82) is 5.26 Å². The van der Waals surface area contributed by atoms with Crippen molar-refractivity contribution < 1.29 is 0 Å². The topological polar surface area (TPSA) is 101 Å². The molecule has 0 atom stereocenters. The van der Waals surface area contributed by atoms with Crippen molar-refractivity contribution in [3.05, 3.63) is 194 Å². The Hall–Kier alpha value is -7.95. The van der Waals surface area contributed by atoms with Crippen LogP contribution < -0.4 is 0 Å². The summed E-state index contributed by atoms with van der Waals surface area (Å²) in [7, 11) is 0. The lowest BCUT2D eigenvalue weighted by atomic mass is 9.88. The van der Waals surface area contributed by atoms with Gasteiger partial charge in [0.2, 0.25) is 0 Å². The highest BCUT2D eigenvalue weighted by atomic mass is 15.0. The van der Waals surface area contributed by atoms with E-state index in [9.17, 15) is 5.26 Å². The van der Waals surface area contributed by atoms with Crippen molar-refractivity contribution in [3.8, 4) is 96.7 Å². The molecule has 0 spiro atoms. The molecule has 2 heterocycles. The van der Waals surface area contributed by atoms with E-state index in [0.717, 1.165) is 55.6 Å². The molecule has 0 amide bonds.